The fourth-order valence-corrected chi connectivity index (χ4v) is 1.96. The Balaban J connectivity index is 2.12. The number of aliphatic carboxylic acids is 1. The van der Waals surface area contributed by atoms with Crippen LogP contribution in [-0.4, -0.2) is 30.8 Å². The summed E-state index contributed by atoms with van der Waals surface area (Å²) in [5.41, 5.74) is 0.799. The fraction of sp³-hybridized carbons (Fsp3) is 0.417. The van der Waals surface area contributed by atoms with E-state index in [9.17, 15) is 9.18 Å². The van der Waals surface area contributed by atoms with Crippen LogP contribution in [0, 0.1) is 5.82 Å². The number of ether oxygens (including phenoxy) is 1. The van der Waals surface area contributed by atoms with Gasteiger partial charge in [-0.15, -0.1) is 0 Å². The maximum atomic E-state index is 13.0. The summed E-state index contributed by atoms with van der Waals surface area (Å²) >= 11 is 0. The van der Waals surface area contributed by atoms with Crippen LogP contribution in [0.1, 0.15) is 12.8 Å². The van der Waals surface area contributed by atoms with Gasteiger partial charge in [0.15, 0.2) is 0 Å². The normalized spacial score (nSPS) is 18.5. The molecule has 0 spiro atoms. The van der Waals surface area contributed by atoms with Gasteiger partial charge in [0.1, 0.15) is 18.2 Å². The predicted molar refractivity (Wildman–Crippen MR) is 61.0 cm³/mol. The van der Waals surface area contributed by atoms with E-state index in [1.165, 1.54) is 12.1 Å². The van der Waals surface area contributed by atoms with Crippen molar-refractivity contribution in [1.82, 2.24) is 0 Å². The molecule has 1 aliphatic heterocycles. The van der Waals surface area contributed by atoms with E-state index >= 15 is 0 Å². The summed E-state index contributed by atoms with van der Waals surface area (Å²) < 4.78 is 18.4. The highest BCUT2D eigenvalue weighted by atomic mass is 19.1. The molecule has 1 atom stereocenters. The molecule has 0 bridgehead atoms. The molecule has 0 aliphatic carbocycles. The highest BCUT2D eigenvalue weighted by Gasteiger charge is 2.25. The maximum Gasteiger partial charge on any atom is 0.303 e. The van der Waals surface area contributed by atoms with E-state index in [2.05, 4.69) is 0 Å². The Bertz CT molecular complexity index is 436. The first-order valence-electron chi connectivity index (χ1n) is 5.45. The lowest BCUT2D eigenvalue weighted by Gasteiger charge is -2.35. The van der Waals surface area contributed by atoms with Gasteiger partial charge in [0, 0.05) is 19.5 Å². The van der Waals surface area contributed by atoms with Crippen molar-refractivity contribution >= 4 is 11.7 Å². The zero-order chi connectivity index (χ0) is 12.4. The lowest BCUT2D eigenvalue weighted by atomic mass is 10.1. The molecule has 2 rings (SSSR count). The molecule has 0 radical (unpaired) electrons. The topological polar surface area (TPSA) is 49.8 Å². The molecule has 0 saturated heterocycles. The van der Waals surface area contributed by atoms with Crippen LogP contribution in [-0.2, 0) is 4.79 Å². The molecular weight excluding hydrogens is 225 g/mol. The van der Waals surface area contributed by atoms with Gasteiger partial charge in [-0.3, -0.25) is 4.79 Å². The van der Waals surface area contributed by atoms with Crippen molar-refractivity contribution in [2.75, 3.05) is 18.6 Å². The Morgan fingerprint density at radius 3 is 3.12 bits per heavy atom. The summed E-state index contributed by atoms with van der Waals surface area (Å²) in [5.74, 6) is -0.636. The zero-order valence-electron chi connectivity index (χ0n) is 9.52. The van der Waals surface area contributed by atoms with E-state index in [1.807, 2.05) is 11.9 Å². The Morgan fingerprint density at radius 1 is 1.65 bits per heavy atom. The lowest BCUT2D eigenvalue weighted by molar-refractivity contribution is -0.137. The molecule has 1 unspecified atom stereocenters. The third-order valence-corrected chi connectivity index (χ3v) is 2.97. The minimum atomic E-state index is -0.816. The Kier molecular flexibility index (Phi) is 3.17. The second-order valence-electron chi connectivity index (χ2n) is 4.12. The maximum absolute atomic E-state index is 13.0. The number of carboxylic acid groups (broad SMARTS) is 1. The molecule has 0 saturated carbocycles. The van der Waals surface area contributed by atoms with Gasteiger partial charge in [-0.1, -0.05) is 0 Å². The first kappa shape index (κ1) is 11.7. The van der Waals surface area contributed by atoms with E-state index in [4.69, 9.17) is 9.84 Å². The Labute approximate surface area is 98.6 Å². The van der Waals surface area contributed by atoms with Crippen molar-refractivity contribution in [2.24, 2.45) is 0 Å². The van der Waals surface area contributed by atoms with Crippen molar-refractivity contribution in [3.63, 3.8) is 0 Å². The number of benzene rings is 1. The number of nitrogens with zero attached hydrogens (tertiary/aromatic N) is 1. The third kappa shape index (κ3) is 2.49. The lowest BCUT2D eigenvalue weighted by Crippen LogP contribution is -2.40. The predicted octanol–water partition coefficient (Wildman–Crippen LogP) is 1.89. The van der Waals surface area contributed by atoms with Crippen LogP contribution in [0.2, 0.25) is 0 Å². The van der Waals surface area contributed by atoms with Crippen LogP contribution < -0.4 is 9.64 Å². The van der Waals surface area contributed by atoms with Gasteiger partial charge in [-0.25, -0.2) is 4.39 Å². The van der Waals surface area contributed by atoms with Crippen molar-refractivity contribution < 1.29 is 19.0 Å². The van der Waals surface area contributed by atoms with Gasteiger partial charge < -0.3 is 14.7 Å². The van der Waals surface area contributed by atoms with Crippen LogP contribution in [0.5, 0.6) is 5.75 Å². The van der Waals surface area contributed by atoms with Crippen LogP contribution in [0.15, 0.2) is 18.2 Å². The standard InChI is InChI=1S/C12H14FNO3/c1-14-9(3-5-12(15)16)7-17-11-6-8(13)2-4-10(11)14/h2,4,6,9H,3,5,7H2,1H3,(H,15,16). The first-order chi connectivity index (χ1) is 8.08. The number of carbonyl (C=O) groups is 1. The largest absolute Gasteiger partial charge is 0.489 e. The van der Waals surface area contributed by atoms with Gasteiger partial charge in [-0.05, 0) is 18.6 Å². The van der Waals surface area contributed by atoms with Gasteiger partial charge in [0.25, 0.3) is 0 Å². The minimum Gasteiger partial charge on any atom is -0.489 e. The second-order valence-corrected chi connectivity index (χ2v) is 4.12. The number of likely N-dealkylation sites (N-methyl/N-ethyl adjacent to an activating group) is 1. The van der Waals surface area contributed by atoms with Gasteiger partial charge in [-0.2, -0.15) is 0 Å². The van der Waals surface area contributed by atoms with Crippen LogP contribution >= 0.6 is 0 Å². The molecule has 1 aromatic carbocycles. The molecule has 1 aliphatic rings. The number of rotatable bonds is 3. The highest BCUT2D eigenvalue weighted by Crippen LogP contribution is 2.34. The van der Waals surface area contributed by atoms with E-state index < -0.39 is 5.97 Å². The monoisotopic (exact) mass is 239 g/mol. The molecule has 17 heavy (non-hydrogen) atoms. The number of fused-ring (bicyclic) bond motifs is 1. The molecule has 1 N–H and O–H groups in total. The third-order valence-electron chi connectivity index (χ3n) is 2.97. The molecule has 0 aromatic heterocycles. The number of carboxylic acids is 1. The van der Waals surface area contributed by atoms with Crippen LogP contribution in [0.25, 0.3) is 0 Å². The van der Waals surface area contributed by atoms with E-state index in [-0.39, 0.29) is 18.3 Å². The summed E-state index contributed by atoms with van der Waals surface area (Å²) in [5, 5.41) is 8.65. The molecule has 5 heteroatoms. The SMILES string of the molecule is CN1c2ccc(F)cc2OCC1CCC(=O)O. The van der Waals surface area contributed by atoms with Crippen LogP contribution in [0.3, 0.4) is 0 Å². The fourth-order valence-electron chi connectivity index (χ4n) is 1.96. The van der Waals surface area contributed by atoms with Gasteiger partial charge in [0.05, 0.1) is 11.7 Å². The summed E-state index contributed by atoms with van der Waals surface area (Å²) in [4.78, 5) is 12.5. The summed E-state index contributed by atoms with van der Waals surface area (Å²) in [6.07, 6.45) is 0.623. The highest BCUT2D eigenvalue weighted by molar-refractivity contribution is 5.67. The van der Waals surface area contributed by atoms with Crippen molar-refractivity contribution in [3.05, 3.63) is 24.0 Å². The Hall–Kier alpha value is -1.78. The molecule has 1 aromatic rings. The van der Waals surface area contributed by atoms with Crippen molar-refractivity contribution in [3.8, 4) is 5.75 Å². The summed E-state index contributed by atoms with van der Waals surface area (Å²) in [7, 11) is 1.87. The Morgan fingerprint density at radius 2 is 2.41 bits per heavy atom. The molecule has 92 valence electrons. The number of hydrogen-bond acceptors (Lipinski definition) is 3. The second kappa shape index (κ2) is 4.61. The van der Waals surface area contributed by atoms with Gasteiger partial charge in [0.2, 0.25) is 0 Å². The number of anilines is 1. The molecule has 4 nitrogen and oxygen atoms in total. The number of halogens is 1. The summed E-state index contributed by atoms with van der Waals surface area (Å²) in [6, 6.07) is 4.39. The first-order valence-corrected chi connectivity index (χ1v) is 5.45. The minimum absolute atomic E-state index is 0.0176. The smallest absolute Gasteiger partial charge is 0.303 e. The average molecular weight is 239 g/mol. The van der Waals surface area contributed by atoms with Crippen molar-refractivity contribution in [1.29, 1.82) is 0 Å². The van der Waals surface area contributed by atoms with Crippen LogP contribution in [0.4, 0.5) is 10.1 Å². The molecular formula is C12H14FNO3. The zero-order valence-corrected chi connectivity index (χ0v) is 9.52. The summed E-state index contributed by atoms with van der Waals surface area (Å²) in [6.45, 7) is 0.389. The molecule has 0 amide bonds. The van der Waals surface area contributed by atoms with Crippen molar-refractivity contribution in [2.45, 2.75) is 18.9 Å². The number of hydrogen-bond donors (Lipinski definition) is 1. The molecule has 1 heterocycles. The van der Waals surface area contributed by atoms with E-state index in [1.54, 1.807) is 6.07 Å². The molecule has 0 fully saturated rings. The van der Waals surface area contributed by atoms with E-state index in [0.717, 1.165) is 5.69 Å². The van der Waals surface area contributed by atoms with Gasteiger partial charge >= 0.3 is 5.97 Å². The average Bonchev–Trinajstić information content (AvgIpc) is 2.27. The quantitative estimate of drug-likeness (QED) is 0.875. The van der Waals surface area contributed by atoms with E-state index in [0.29, 0.717) is 18.8 Å².